The van der Waals surface area contributed by atoms with Crippen molar-refractivity contribution in [3.8, 4) is 11.5 Å². The minimum Gasteiger partial charge on any atom is -0.492 e. The maximum Gasteiger partial charge on any atom is 0.276 e. The molecule has 0 radical (unpaired) electrons. The van der Waals surface area contributed by atoms with Crippen LogP contribution >= 0.6 is 39.7 Å². The van der Waals surface area contributed by atoms with Crippen molar-refractivity contribution >= 4 is 56.7 Å². The van der Waals surface area contributed by atoms with Crippen molar-refractivity contribution in [2.45, 2.75) is 6.42 Å². The van der Waals surface area contributed by atoms with Crippen molar-refractivity contribution in [3.63, 3.8) is 0 Å². The minimum absolute atomic E-state index is 0.0656. The number of hydrogen-bond acceptors (Lipinski definition) is 5. The average Bonchev–Trinajstić information content (AvgIpc) is 2.84. The van der Waals surface area contributed by atoms with Gasteiger partial charge in [0.25, 0.3) is 11.8 Å². The van der Waals surface area contributed by atoms with Gasteiger partial charge in [0, 0.05) is 17.0 Å². The monoisotopic (exact) mass is 561 g/mol. The molecular formula is C24H21BrClN3O4S. The summed E-state index contributed by atoms with van der Waals surface area (Å²) in [4.78, 5) is 24.3. The van der Waals surface area contributed by atoms with Crippen LogP contribution in [0.5, 0.6) is 11.5 Å². The van der Waals surface area contributed by atoms with Gasteiger partial charge < -0.3 is 9.47 Å². The van der Waals surface area contributed by atoms with Crippen LogP contribution in [-0.4, -0.2) is 30.1 Å². The number of carbonyl (C=O) groups excluding carboxylic acids is 2. The van der Waals surface area contributed by atoms with Crippen molar-refractivity contribution in [2.24, 2.45) is 0 Å². The summed E-state index contributed by atoms with van der Waals surface area (Å²) in [7, 11) is 0. The van der Waals surface area contributed by atoms with Crippen LogP contribution in [0.2, 0.25) is 5.02 Å². The minimum atomic E-state index is -0.480. The van der Waals surface area contributed by atoms with Crippen molar-refractivity contribution < 1.29 is 19.1 Å². The maximum absolute atomic E-state index is 12.5. The van der Waals surface area contributed by atoms with E-state index in [1.54, 1.807) is 42.5 Å². The number of amides is 2. The van der Waals surface area contributed by atoms with Crippen LogP contribution < -0.4 is 25.6 Å². The van der Waals surface area contributed by atoms with Crippen LogP contribution in [0.15, 0.2) is 77.3 Å². The van der Waals surface area contributed by atoms with Crippen LogP contribution in [0.3, 0.4) is 0 Å². The molecular weight excluding hydrogens is 542 g/mol. The number of halogens is 2. The summed E-state index contributed by atoms with van der Waals surface area (Å²) in [6.07, 6.45) is 0.770. The molecule has 7 nitrogen and oxygen atoms in total. The second-order valence-corrected chi connectivity index (χ2v) is 8.63. The van der Waals surface area contributed by atoms with Gasteiger partial charge in [-0.3, -0.25) is 25.8 Å². The maximum atomic E-state index is 12.5. The fraction of sp³-hybridized carbons (Fsp3) is 0.125. The van der Waals surface area contributed by atoms with Crippen LogP contribution in [0.1, 0.15) is 15.9 Å². The van der Waals surface area contributed by atoms with Crippen molar-refractivity contribution in [2.75, 3.05) is 13.2 Å². The van der Waals surface area contributed by atoms with E-state index in [-0.39, 0.29) is 11.7 Å². The second-order valence-electron chi connectivity index (χ2n) is 6.93. The molecule has 3 rings (SSSR count). The molecule has 0 aliphatic carbocycles. The molecule has 0 aliphatic heterocycles. The lowest BCUT2D eigenvalue weighted by Gasteiger charge is -2.12. The Morgan fingerprint density at radius 3 is 2.38 bits per heavy atom. The molecule has 0 fully saturated rings. The zero-order chi connectivity index (χ0) is 24.3. The summed E-state index contributed by atoms with van der Waals surface area (Å²) in [5.74, 6) is 0.196. The third-order valence-corrected chi connectivity index (χ3v) is 5.49. The standard InChI is InChI=1S/C24H21BrClN3O4S/c25-20-14-17(6-11-21(20)32-13-12-16-4-2-1-3-5-16)23(31)27-24(34)29-28-22(30)15-33-19-9-7-18(26)8-10-19/h1-11,14H,12-13,15H2,(H,28,30)(H2,27,29,31,34). The van der Waals surface area contributed by atoms with Crippen molar-refractivity contribution in [1.82, 2.24) is 16.2 Å². The first kappa shape index (κ1) is 25.5. The number of carbonyl (C=O) groups is 2. The Morgan fingerprint density at radius 1 is 0.941 bits per heavy atom. The molecule has 0 bridgehead atoms. The van der Waals surface area contributed by atoms with Gasteiger partial charge in [-0.1, -0.05) is 41.9 Å². The highest BCUT2D eigenvalue weighted by molar-refractivity contribution is 9.10. The van der Waals surface area contributed by atoms with E-state index >= 15 is 0 Å². The molecule has 0 aliphatic rings. The quantitative estimate of drug-likeness (QED) is 0.278. The largest absolute Gasteiger partial charge is 0.492 e. The summed E-state index contributed by atoms with van der Waals surface area (Å²) in [5, 5.41) is 2.99. The lowest BCUT2D eigenvalue weighted by Crippen LogP contribution is -2.49. The van der Waals surface area contributed by atoms with Gasteiger partial charge in [0.2, 0.25) is 0 Å². The molecule has 3 aromatic rings. The second kappa shape index (κ2) is 12.9. The van der Waals surface area contributed by atoms with Gasteiger partial charge in [0.05, 0.1) is 11.1 Å². The molecule has 0 spiro atoms. The smallest absolute Gasteiger partial charge is 0.276 e. The lowest BCUT2D eigenvalue weighted by atomic mass is 10.2. The van der Waals surface area contributed by atoms with Gasteiger partial charge in [-0.05, 0) is 76.2 Å². The fourth-order valence-corrected chi connectivity index (χ4v) is 3.49. The molecule has 0 saturated carbocycles. The van der Waals surface area contributed by atoms with E-state index in [1.165, 1.54) is 5.56 Å². The van der Waals surface area contributed by atoms with E-state index < -0.39 is 11.8 Å². The van der Waals surface area contributed by atoms with Gasteiger partial charge in [0.15, 0.2) is 11.7 Å². The number of rotatable bonds is 8. The topological polar surface area (TPSA) is 88.7 Å². The highest BCUT2D eigenvalue weighted by atomic mass is 79.9. The fourth-order valence-electron chi connectivity index (χ4n) is 2.73. The van der Waals surface area contributed by atoms with Crippen molar-refractivity contribution in [3.05, 3.63) is 93.4 Å². The SMILES string of the molecule is O=C(COc1ccc(Cl)cc1)NNC(=S)NC(=O)c1ccc(OCCc2ccccc2)c(Br)c1. The highest BCUT2D eigenvalue weighted by Crippen LogP contribution is 2.26. The van der Waals surface area contributed by atoms with Crippen molar-refractivity contribution in [1.29, 1.82) is 0 Å². The number of hydrazine groups is 1. The number of ether oxygens (including phenoxy) is 2. The van der Waals surface area contributed by atoms with Gasteiger partial charge in [-0.15, -0.1) is 0 Å². The van der Waals surface area contributed by atoms with Crippen LogP contribution in [0.4, 0.5) is 0 Å². The molecule has 176 valence electrons. The lowest BCUT2D eigenvalue weighted by molar-refractivity contribution is -0.123. The molecule has 0 saturated heterocycles. The summed E-state index contributed by atoms with van der Waals surface area (Å²) < 4.78 is 11.8. The normalized spacial score (nSPS) is 10.2. The summed E-state index contributed by atoms with van der Waals surface area (Å²) in [5.41, 5.74) is 6.36. The Kier molecular flexibility index (Phi) is 9.69. The summed E-state index contributed by atoms with van der Waals surface area (Å²) in [6, 6.07) is 21.6. The Bertz CT molecular complexity index is 1150. The molecule has 34 heavy (non-hydrogen) atoms. The number of nitrogens with one attached hydrogen (secondary N) is 3. The molecule has 3 N–H and O–H groups in total. The molecule has 3 aromatic carbocycles. The summed E-state index contributed by atoms with van der Waals surface area (Å²) in [6.45, 7) is 0.257. The van der Waals surface area contributed by atoms with Gasteiger partial charge >= 0.3 is 0 Å². The third kappa shape index (κ3) is 8.33. The molecule has 0 unspecified atom stereocenters. The van der Waals surface area contributed by atoms with E-state index in [2.05, 4.69) is 32.1 Å². The predicted molar refractivity (Wildman–Crippen MR) is 138 cm³/mol. The molecule has 0 aromatic heterocycles. The van der Waals surface area contributed by atoms with E-state index in [0.29, 0.717) is 33.2 Å². The molecule has 0 atom stereocenters. The average molecular weight is 563 g/mol. The van der Waals surface area contributed by atoms with E-state index in [4.69, 9.17) is 33.3 Å². The number of benzene rings is 3. The van der Waals surface area contributed by atoms with Gasteiger partial charge in [0.1, 0.15) is 11.5 Å². The Labute approximate surface area is 215 Å². The zero-order valence-electron chi connectivity index (χ0n) is 17.8. The third-order valence-electron chi connectivity index (χ3n) is 4.41. The predicted octanol–water partition coefficient (Wildman–Crippen LogP) is 4.44. The van der Waals surface area contributed by atoms with Gasteiger partial charge in [-0.2, -0.15) is 0 Å². The first-order chi connectivity index (χ1) is 16.4. The van der Waals surface area contributed by atoms with Crippen LogP contribution in [-0.2, 0) is 11.2 Å². The van der Waals surface area contributed by atoms with Gasteiger partial charge in [-0.25, -0.2) is 0 Å². The molecule has 0 heterocycles. The first-order valence-corrected chi connectivity index (χ1v) is 11.7. The molecule has 2 amide bonds. The number of thiocarbonyl (C=S) groups is 1. The Morgan fingerprint density at radius 2 is 1.68 bits per heavy atom. The number of hydrogen-bond donors (Lipinski definition) is 3. The van der Waals surface area contributed by atoms with Crippen LogP contribution in [0, 0.1) is 0 Å². The van der Waals surface area contributed by atoms with Crippen LogP contribution in [0.25, 0.3) is 0 Å². The summed E-state index contributed by atoms with van der Waals surface area (Å²) >= 11 is 14.3. The highest BCUT2D eigenvalue weighted by Gasteiger charge is 2.12. The zero-order valence-corrected chi connectivity index (χ0v) is 21.0. The Balaban J connectivity index is 1.40. The van der Waals surface area contributed by atoms with E-state index in [1.807, 2.05) is 30.3 Å². The molecule has 10 heteroatoms. The first-order valence-electron chi connectivity index (χ1n) is 10.2. The van der Waals surface area contributed by atoms with E-state index in [9.17, 15) is 9.59 Å². The Hall–Kier alpha value is -3.14. The van der Waals surface area contributed by atoms with E-state index in [0.717, 1.165) is 6.42 Å².